The quantitative estimate of drug-likeness (QED) is 0.152. The normalized spacial score (nSPS) is 12.1. The number of hydrogen-bond donors (Lipinski definition) is 0. The summed E-state index contributed by atoms with van der Waals surface area (Å²) in [7, 11) is 0. The molecule has 0 radical (unpaired) electrons. The van der Waals surface area contributed by atoms with E-state index in [4.69, 9.17) is 8.83 Å². The maximum Gasteiger partial charge on any atom is 0.145 e. The molecule has 0 aliphatic heterocycles. The summed E-state index contributed by atoms with van der Waals surface area (Å²) in [6.07, 6.45) is 0. The summed E-state index contributed by atoms with van der Waals surface area (Å²) in [6, 6.07) is 145. The van der Waals surface area contributed by atoms with Crippen LogP contribution < -0.4 is 0 Å². The highest BCUT2D eigenvalue weighted by atomic mass is 16.3. The van der Waals surface area contributed by atoms with Crippen molar-refractivity contribution in [1.82, 2.24) is 27.4 Å². The van der Waals surface area contributed by atoms with Crippen LogP contribution in [0.2, 0.25) is 0 Å². The van der Waals surface area contributed by atoms with Gasteiger partial charge in [-0.15, -0.1) is 0 Å². The third kappa shape index (κ3) is 9.32. The van der Waals surface area contributed by atoms with Crippen LogP contribution in [-0.4, -0.2) is 27.4 Å². The third-order valence-corrected chi connectivity index (χ3v) is 24.4. The topological polar surface area (TPSA) is 55.9 Å². The monoisotopic (exact) mass is 1480 g/mol. The first-order chi connectivity index (χ1) is 57.6. The summed E-state index contributed by atoms with van der Waals surface area (Å²) in [5, 5.41) is 19.0. The fraction of sp³-hybridized carbons (Fsp3) is 0. The van der Waals surface area contributed by atoms with Crippen LogP contribution in [0.25, 0.3) is 231 Å². The minimum atomic E-state index is 0.893. The largest absolute Gasteiger partial charge is 0.455 e. The molecule has 0 aliphatic carbocycles. The Morgan fingerprint density at radius 1 is 0.155 bits per heavy atom. The maximum absolute atomic E-state index is 6.82. The molecule has 8 heterocycles. The Bertz CT molecular complexity index is 8450. The molecule has 540 valence electrons. The van der Waals surface area contributed by atoms with E-state index in [-0.39, 0.29) is 0 Å². The van der Waals surface area contributed by atoms with Crippen LogP contribution in [0.15, 0.2) is 409 Å². The van der Waals surface area contributed by atoms with Crippen LogP contribution in [-0.2, 0) is 0 Å². The van der Waals surface area contributed by atoms with Crippen molar-refractivity contribution in [1.29, 1.82) is 0 Å². The molecule has 0 bridgehead atoms. The van der Waals surface area contributed by atoms with Gasteiger partial charge in [-0.2, -0.15) is 0 Å². The molecule has 0 saturated heterocycles. The molecule has 18 aromatic carbocycles. The average molecular weight is 1480 g/mol. The van der Waals surface area contributed by atoms with Crippen molar-refractivity contribution in [3.05, 3.63) is 400 Å². The molecule has 26 aromatic rings. The van der Waals surface area contributed by atoms with Gasteiger partial charge in [-0.25, -0.2) is 0 Å². The van der Waals surface area contributed by atoms with Gasteiger partial charge in [0.25, 0.3) is 0 Å². The highest BCUT2D eigenvalue weighted by Crippen LogP contribution is 2.50. The Kier molecular flexibility index (Phi) is 13.8. The van der Waals surface area contributed by atoms with Gasteiger partial charge in [-0.1, -0.05) is 237 Å². The van der Waals surface area contributed by atoms with Gasteiger partial charge in [0, 0.05) is 121 Å². The Balaban J connectivity index is 0.000000130. The predicted octanol–water partition coefficient (Wildman–Crippen LogP) is 29.1. The van der Waals surface area contributed by atoms with Crippen LogP contribution in [0.5, 0.6) is 0 Å². The third-order valence-electron chi connectivity index (χ3n) is 24.4. The lowest BCUT2D eigenvalue weighted by Gasteiger charge is -2.14. The molecule has 0 saturated carbocycles. The molecule has 8 nitrogen and oxygen atoms in total. The van der Waals surface area contributed by atoms with E-state index in [1.54, 1.807) is 0 Å². The molecule has 0 atom stereocenters. The highest BCUT2D eigenvalue weighted by Gasteiger charge is 2.28. The zero-order chi connectivity index (χ0) is 75.8. The zero-order valence-electron chi connectivity index (χ0n) is 62.6. The molecule has 0 unspecified atom stereocenters. The molecule has 116 heavy (non-hydrogen) atoms. The van der Waals surface area contributed by atoms with Crippen LogP contribution in [0, 0.1) is 0 Å². The van der Waals surface area contributed by atoms with Crippen molar-refractivity contribution in [2.24, 2.45) is 0 Å². The second kappa shape index (κ2) is 24.9. The fourth-order valence-corrected chi connectivity index (χ4v) is 19.5. The number of furan rings is 2. The molecule has 0 N–H and O–H groups in total. The fourth-order valence-electron chi connectivity index (χ4n) is 19.5. The molecule has 0 spiro atoms. The summed E-state index contributed by atoms with van der Waals surface area (Å²) in [5.41, 5.74) is 29.1. The first kappa shape index (κ1) is 64.1. The van der Waals surface area contributed by atoms with Crippen LogP contribution >= 0.6 is 0 Å². The van der Waals surface area contributed by atoms with E-state index in [0.29, 0.717) is 0 Å². The number of nitrogens with zero attached hydrogens (tertiary/aromatic N) is 6. The van der Waals surface area contributed by atoms with Crippen molar-refractivity contribution in [3.63, 3.8) is 0 Å². The maximum atomic E-state index is 6.82. The number of benzene rings is 18. The van der Waals surface area contributed by atoms with E-state index in [1.165, 1.54) is 87.2 Å². The lowest BCUT2D eigenvalue weighted by molar-refractivity contribution is 0.672. The van der Waals surface area contributed by atoms with Crippen molar-refractivity contribution < 1.29 is 8.83 Å². The van der Waals surface area contributed by atoms with Gasteiger partial charge in [-0.3, -0.25) is 0 Å². The van der Waals surface area contributed by atoms with Gasteiger partial charge in [0.2, 0.25) is 0 Å². The van der Waals surface area contributed by atoms with Crippen molar-refractivity contribution in [2.75, 3.05) is 0 Å². The first-order valence-corrected chi connectivity index (χ1v) is 39.7. The standard InChI is InChI=1S/2C54H33N3O/c1-2-14-35(15-3-1)55-48-23-11-6-18-40(48)44-32-34(26-31-50(44)55)43-33-45-41-19-8-13-25-51(41)58-54(45)52-42-20-7-12-24-49(42)57(53(43)52)37-29-27-36(28-30-37)56-46-21-9-4-16-38(46)39-17-5-10-22-47(39)56;1-2-14-35(15-3-1)55-48-23-11-6-18-40(48)44-32-37(30-31-50(44)55)57-49-24-12-7-20-42(49)52-53(57)43(33-45-41-19-8-13-25-51(41)58-54(45)52)34-26-28-36(29-27-34)56-46-21-9-4-16-38(46)39-17-5-10-22-47(39)56/h2*1-33H. The van der Waals surface area contributed by atoms with Gasteiger partial charge < -0.3 is 36.2 Å². The van der Waals surface area contributed by atoms with Gasteiger partial charge in [0.1, 0.15) is 22.3 Å². The molecule has 8 heteroatoms. The van der Waals surface area contributed by atoms with Crippen molar-refractivity contribution in [2.45, 2.75) is 0 Å². The zero-order valence-corrected chi connectivity index (χ0v) is 62.6. The second-order valence-electron chi connectivity index (χ2n) is 30.6. The van der Waals surface area contributed by atoms with E-state index >= 15 is 0 Å². The van der Waals surface area contributed by atoms with Gasteiger partial charge in [-0.05, 0) is 175 Å². The van der Waals surface area contributed by atoms with Crippen LogP contribution in [0.3, 0.4) is 0 Å². The highest BCUT2D eigenvalue weighted by molar-refractivity contribution is 6.30. The average Bonchev–Trinajstić information content (AvgIpc) is 1.58. The van der Waals surface area contributed by atoms with Crippen molar-refractivity contribution >= 4 is 175 Å². The molecular weight excluding hydrogens is 1410 g/mol. The summed E-state index contributed by atoms with van der Waals surface area (Å²) in [5.74, 6) is 0. The molecule has 0 aliphatic rings. The molecule has 0 amide bonds. The Morgan fingerprint density at radius 3 is 0.819 bits per heavy atom. The number of fused-ring (bicyclic) bond motifs is 26. The summed E-state index contributed by atoms with van der Waals surface area (Å²) in [6.45, 7) is 0. The first-order valence-electron chi connectivity index (χ1n) is 39.7. The second-order valence-corrected chi connectivity index (χ2v) is 30.6. The van der Waals surface area contributed by atoms with E-state index in [9.17, 15) is 0 Å². The lowest BCUT2D eigenvalue weighted by Crippen LogP contribution is -1.98. The Hall–Kier alpha value is -15.6. The van der Waals surface area contributed by atoms with E-state index in [0.717, 1.165) is 144 Å². The summed E-state index contributed by atoms with van der Waals surface area (Å²) < 4.78 is 28.1. The van der Waals surface area contributed by atoms with Crippen LogP contribution in [0.1, 0.15) is 0 Å². The SMILES string of the molecule is c1ccc(-n2c3ccccc3c3cc(-c4cc5c6ccccc6oc5c5c6ccccc6n(-c6ccc(-n7c8ccccc8c8ccccc87)cc6)c45)ccc32)cc1.c1ccc(-n2c3ccccc3c3cc(-n4c5ccccc5c5c6oc7ccccc7c6cc(-c6ccc(-n7c8ccccc8c8ccccc87)cc6)c54)ccc32)cc1. The molecule has 8 aromatic heterocycles. The van der Waals surface area contributed by atoms with Gasteiger partial charge in [0.15, 0.2) is 0 Å². The van der Waals surface area contributed by atoms with E-state index < -0.39 is 0 Å². The lowest BCUT2D eigenvalue weighted by atomic mass is 9.97. The van der Waals surface area contributed by atoms with E-state index in [2.05, 4.69) is 428 Å². The molecular formula is C108H66N6O2. The number of hydrogen-bond acceptors (Lipinski definition) is 2. The molecule has 0 fully saturated rings. The van der Waals surface area contributed by atoms with Gasteiger partial charge >= 0.3 is 0 Å². The van der Waals surface area contributed by atoms with Gasteiger partial charge in [0.05, 0.1) is 77.0 Å². The Morgan fingerprint density at radius 2 is 0.414 bits per heavy atom. The summed E-state index contributed by atoms with van der Waals surface area (Å²) >= 11 is 0. The number of rotatable bonds is 8. The minimum absolute atomic E-state index is 0.893. The Labute approximate surface area is 663 Å². The smallest absolute Gasteiger partial charge is 0.145 e. The van der Waals surface area contributed by atoms with Crippen LogP contribution in [0.4, 0.5) is 0 Å². The number of para-hydroxylation sites is 12. The number of aromatic nitrogens is 6. The predicted molar refractivity (Wildman–Crippen MR) is 484 cm³/mol. The summed E-state index contributed by atoms with van der Waals surface area (Å²) in [4.78, 5) is 0. The minimum Gasteiger partial charge on any atom is -0.455 e. The van der Waals surface area contributed by atoms with Crippen molar-refractivity contribution in [3.8, 4) is 56.4 Å². The van der Waals surface area contributed by atoms with E-state index in [1.807, 2.05) is 0 Å². The molecule has 26 rings (SSSR count).